The Hall–Kier alpha value is -2.97. The van der Waals surface area contributed by atoms with Crippen molar-refractivity contribution in [1.29, 1.82) is 0 Å². The fourth-order valence-electron chi connectivity index (χ4n) is 3.96. The molecular formula is C21H24N3O5+. The fourth-order valence-corrected chi connectivity index (χ4v) is 3.96. The summed E-state index contributed by atoms with van der Waals surface area (Å²) in [7, 11) is 0. The summed E-state index contributed by atoms with van der Waals surface area (Å²) < 4.78 is 10.6. The molecule has 0 saturated carbocycles. The van der Waals surface area contributed by atoms with Gasteiger partial charge in [-0.1, -0.05) is 0 Å². The van der Waals surface area contributed by atoms with E-state index in [2.05, 4.69) is 4.98 Å². The van der Waals surface area contributed by atoms with Gasteiger partial charge in [0.15, 0.2) is 11.5 Å². The van der Waals surface area contributed by atoms with Gasteiger partial charge in [-0.05, 0) is 29.8 Å². The maximum atomic E-state index is 13.0. The van der Waals surface area contributed by atoms with Crippen LogP contribution in [0.2, 0.25) is 0 Å². The number of ether oxygens (including phenoxy) is 1. The molecule has 2 aliphatic rings. The lowest BCUT2D eigenvalue weighted by molar-refractivity contribution is -0.908. The molecular weight excluding hydrogens is 374 g/mol. The normalized spacial score (nSPS) is 20.5. The average molecular weight is 398 g/mol. The zero-order valence-corrected chi connectivity index (χ0v) is 16.0. The van der Waals surface area contributed by atoms with Crippen LogP contribution in [0.5, 0.6) is 0 Å². The standard InChI is InChI=1S/C21H23N3O5/c25-19(16-3-1-12-29-16)17-18(15-4-6-22-7-5-15)24(21(27)20(17)26)9-2-8-23-10-13-28-14-11-23/h1,3-7,12,18,26H,2,8-11,13-14H2/p+1/t18-/m0/s1. The van der Waals surface area contributed by atoms with Gasteiger partial charge >= 0.3 is 0 Å². The van der Waals surface area contributed by atoms with Gasteiger partial charge in [-0.15, -0.1) is 0 Å². The Balaban J connectivity index is 1.57. The van der Waals surface area contributed by atoms with E-state index in [1.807, 2.05) is 0 Å². The number of aliphatic hydroxyl groups is 1. The zero-order chi connectivity index (χ0) is 20.2. The molecule has 1 atom stereocenters. The Bertz CT molecular complexity index is 888. The van der Waals surface area contributed by atoms with Crippen molar-refractivity contribution in [2.45, 2.75) is 12.5 Å². The molecule has 1 amide bonds. The molecule has 0 radical (unpaired) electrons. The number of nitrogens with one attached hydrogen (secondary N) is 1. The monoisotopic (exact) mass is 398 g/mol. The minimum atomic E-state index is -0.664. The number of rotatable bonds is 7. The van der Waals surface area contributed by atoms with Crippen LogP contribution in [0.15, 0.2) is 58.7 Å². The van der Waals surface area contributed by atoms with Gasteiger partial charge in [-0.2, -0.15) is 0 Å². The Morgan fingerprint density at radius 3 is 2.69 bits per heavy atom. The minimum Gasteiger partial charge on any atom is -0.503 e. The summed E-state index contributed by atoms with van der Waals surface area (Å²) in [4.78, 5) is 32.9. The van der Waals surface area contributed by atoms with Crippen molar-refractivity contribution < 1.29 is 28.7 Å². The van der Waals surface area contributed by atoms with E-state index in [0.29, 0.717) is 6.54 Å². The van der Waals surface area contributed by atoms with Crippen molar-refractivity contribution >= 4 is 11.7 Å². The van der Waals surface area contributed by atoms with E-state index in [-0.39, 0.29) is 11.3 Å². The number of amides is 1. The number of morpholine rings is 1. The third kappa shape index (κ3) is 3.94. The lowest BCUT2D eigenvalue weighted by atomic mass is 9.96. The largest absolute Gasteiger partial charge is 0.503 e. The molecule has 1 saturated heterocycles. The maximum absolute atomic E-state index is 13.0. The second kappa shape index (κ2) is 8.59. The van der Waals surface area contributed by atoms with Crippen molar-refractivity contribution in [3.05, 3.63) is 65.6 Å². The van der Waals surface area contributed by atoms with Crippen molar-refractivity contribution in [2.24, 2.45) is 0 Å². The Morgan fingerprint density at radius 1 is 1.24 bits per heavy atom. The number of quaternary nitrogens is 1. The Kier molecular flexibility index (Phi) is 5.73. The van der Waals surface area contributed by atoms with Gasteiger partial charge in [-0.25, -0.2) is 0 Å². The predicted octanol–water partition coefficient (Wildman–Crippen LogP) is 0.558. The third-order valence-electron chi connectivity index (χ3n) is 5.44. The Labute approximate surface area is 168 Å². The van der Waals surface area contributed by atoms with Crippen molar-refractivity contribution in [2.75, 3.05) is 39.4 Å². The van der Waals surface area contributed by atoms with E-state index < -0.39 is 23.5 Å². The first-order valence-corrected chi connectivity index (χ1v) is 9.80. The molecule has 4 heterocycles. The molecule has 0 spiro atoms. The lowest BCUT2D eigenvalue weighted by Crippen LogP contribution is -3.14. The molecule has 0 aliphatic carbocycles. The fraction of sp³-hybridized carbons (Fsp3) is 0.381. The molecule has 152 valence electrons. The van der Waals surface area contributed by atoms with Crippen LogP contribution in [0.25, 0.3) is 0 Å². The van der Waals surface area contributed by atoms with E-state index in [1.54, 1.807) is 35.5 Å². The number of furan rings is 1. The molecule has 4 rings (SSSR count). The zero-order valence-electron chi connectivity index (χ0n) is 16.0. The highest BCUT2D eigenvalue weighted by molar-refractivity contribution is 6.14. The van der Waals surface area contributed by atoms with Crippen LogP contribution in [-0.2, 0) is 9.53 Å². The van der Waals surface area contributed by atoms with Gasteiger partial charge in [0.2, 0.25) is 5.78 Å². The molecule has 29 heavy (non-hydrogen) atoms. The second-order valence-electron chi connectivity index (χ2n) is 7.22. The molecule has 0 unspecified atom stereocenters. The van der Waals surface area contributed by atoms with Crippen molar-refractivity contribution in [3.8, 4) is 0 Å². The van der Waals surface area contributed by atoms with Crippen LogP contribution in [-0.4, -0.2) is 66.1 Å². The van der Waals surface area contributed by atoms with E-state index >= 15 is 0 Å². The second-order valence-corrected chi connectivity index (χ2v) is 7.22. The summed E-state index contributed by atoms with van der Waals surface area (Å²) in [5.74, 6) is -1.42. The van der Waals surface area contributed by atoms with Gasteiger partial charge in [-0.3, -0.25) is 14.6 Å². The number of hydrogen-bond acceptors (Lipinski definition) is 6. The molecule has 0 bridgehead atoms. The highest BCUT2D eigenvalue weighted by atomic mass is 16.5. The number of ketones is 1. The predicted molar refractivity (Wildman–Crippen MR) is 102 cm³/mol. The minimum absolute atomic E-state index is 0.0508. The number of pyridine rings is 1. The molecule has 2 N–H and O–H groups in total. The van der Waals surface area contributed by atoms with Gasteiger partial charge in [0.05, 0.1) is 37.6 Å². The van der Waals surface area contributed by atoms with Crippen LogP contribution < -0.4 is 4.90 Å². The summed E-state index contributed by atoms with van der Waals surface area (Å²) >= 11 is 0. The van der Waals surface area contributed by atoms with E-state index in [4.69, 9.17) is 9.15 Å². The summed E-state index contributed by atoms with van der Waals surface area (Å²) in [5.41, 5.74) is 0.779. The summed E-state index contributed by atoms with van der Waals surface area (Å²) in [5, 5.41) is 10.6. The van der Waals surface area contributed by atoms with Crippen molar-refractivity contribution in [1.82, 2.24) is 9.88 Å². The lowest BCUT2D eigenvalue weighted by Gasteiger charge is -2.28. The SMILES string of the molecule is O=C(C1=C(O)C(=O)N(CCC[NH+]2CCOCC2)[C@H]1c1ccncc1)c1ccco1. The topological polar surface area (TPSA) is 97.3 Å². The van der Waals surface area contributed by atoms with Crippen LogP contribution in [0.1, 0.15) is 28.6 Å². The molecule has 2 aliphatic heterocycles. The number of carbonyl (C=O) groups is 2. The smallest absolute Gasteiger partial charge is 0.290 e. The van der Waals surface area contributed by atoms with Crippen molar-refractivity contribution in [3.63, 3.8) is 0 Å². The first kappa shape index (κ1) is 19.4. The Morgan fingerprint density at radius 2 is 2.00 bits per heavy atom. The molecule has 2 aromatic rings. The van der Waals surface area contributed by atoms with Crippen LogP contribution >= 0.6 is 0 Å². The number of Topliss-reactive ketones (excluding diaryl/α,β-unsaturated/α-hetero) is 1. The van der Waals surface area contributed by atoms with E-state index in [0.717, 1.165) is 44.8 Å². The number of aromatic nitrogens is 1. The number of carbonyl (C=O) groups excluding carboxylic acids is 2. The molecule has 2 aromatic heterocycles. The number of nitrogens with zero attached hydrogens (tertiary/aromatic N) is 2. The number of aliphatic hydroxyl groups excluding tert-OH is 1. The quantitative estimate of drug-likeness (QED) is 0.662. The molecule has 1 fully saturated rings. The highest BCUT2D eigenvalue weighted by Crippen LogP contribution is 2.38. The van der Waals surface area contributed by atoms with Crippen LogP contribution in [0.4, 0.5) is 0 Å². The summed E-state index contributed by atoms with van der Waals surface area (Å²) in [6, 6.07) is 5.98. The third-order valence-corrected chi connectivity index (χ3v) is 5.44. The highest BCUT2D eigenvalue weighted by Gasteiger charge is 2.44. The first-order chi connectivity index (χ1) is 14.2. The molecule has 8 nitrogen and oxygen atoms in total. The molecule has 0 aromatic carbocycles. The maximum Gasteiger partial charge on any atom is 0.290 e. The van der Waals surface area contributed by atoms with Gasteiger partial charge in [0, 0.05) is 25.4 Å². The van der Waals surface area contributed by atoms with E-state index in [1.165, 1.54) is 17.2 Å². The van der Waals surface area contributed by atoms with Gasteiger partial charge < -0.3 is 24.1 Å². The summed E-state index contributed by atoms with van der Waals surface area (Å²) in [6.07, 6.45) is 5.38. The van der Waals surface area contributed by atoms with Crippen LogP contribution in [0.3, 0.4) is 0 Å². The van der Waals surface area contributed by atoms with E-state index in [9.17, 15) is 14.7 Å². The first-order valence-electron chi connectivity index (χ1n) is 9.80. The summed E-state index contributed by atoms with van der Waals surface area (Å²) in [6.45, 7) is 4.75. The van der Waals surface area contributed by atoms with Gasteiger partial charge in [0.1, 0.15) is 13.1 Å². The van der Waals surface area contributed by atoms with Crippen LogP contribution in [0, 0.1) is 0 Å². The van der Waals surface area contributed by atoms with Gasteiger partial charge in [0.25, 0.3) is 5.91 Å². The average Bonchev–Trinajstić information content (AvgIpc) is 3.38. The molecule has 8 heteroatoms. The number of hydrogen-bond donors (Lipinski definition) is 2.